The molecule has 0 radical (unpaired) electrons. The quantitative estimate of drug-likeness (QED) is 0.923. The van der Waals surface area contributed by atoms with Crippen LogP contribution in [0.15, 0.2) is 30.3 Å². The fourth-order valence-electron chi connectivity index (χ4n) is 2.60. The van der Waals surface area contributed by atoms with Gasteiger partial charge in [0.1, 0.15) is 5.75 Å². The summed E-state index contributed by atoms with van der Waals surface area (Å²) < 4.78 is 5.63. The van der Waals surface area contributed by atoms with Crippen molar-refractivity contribution in [3.05, 3.63) is 30.3 Å². The van der Waals surface area contributed by atoms with E-state index in [0.717, 1.165) is 0 Å². The lowest BCUT2D eigenvalue weighted by Gasteiger charge is -2.37. The van der Waals surface area contributed by atoms with Gasteiger partial charge >= 0.3 is 5.97 Å². The molecule has 21 heavy (non-hydrogen) atoms. The lowest BCUT2D eigenvalue weighted by atomic mass is 9.93. The summed E-state index contributed by atoms with van der Waals surface area (Å²) >= 11 is 0. The van der Waals surface area contributed by atoms with Crippen LogP contribution >= 0.6 is 0 Å². The van der Waals surface area contributed by atoms with Gasteiger partial charge in [-0.2, -0.15) is 0 Å². The Balaban J connectivity index is 2.01. The van der Waals surface area contributed by atoms with E-state index in [0.29, 0.717) is 18.6 Å². The van der Waals surface area contributed by atoms with Crippen molar-refractivity contribution in [3.8, 4) is 5.75 Å². The zero-order valence-corrected chi connectivity index (χ0v) is 12.4. The summed E-state index contributed by atoms with van der Waals surface area (Å²) in [5, 5.41) is 9.13. The Bertz CT molecular complexity index is 502. The maximum atomic E-state index is 12.5. The van der Waals surface area contributed by atoms with Crippen LogP contribution in [0.5, 0.6) is 5.75 Å². The van der Waals surface area contributed by atoms with E-state index in [9.17, 15) is 9.59 Å². The Morgan fingerprint density at radius 2 is 1.95 bits per heavy atom. The monoisotopic (exact) mass is 291 g/mol. The molecule has 2 rings (SSSR count). The van der Waals surface area contributed by atoms with Gasteiger partial charge in [0, 0.05) is 12.6 Å². The lowest BCUT2D eigenvalue weighted by Crippen LogP contribution is -2.51. The van der Waals surface area contributed by atoms with Gasteiger partial charge in [-0.05, 0) is 38.8 Å². The second-order valence-electron chi connectivity index (χ2n) is 5.53. The predicted molar refractivity (Wildman–Crippen MR) is 78.1 cm³/mol. The van der Waals surface area contributed by atoms with Crippen LogP contribution in [0, 0.1) is 5.92 Å². The maximum Gasteiger partial charge on any atom is 0.308 e. The van der Waals surface area contributed by atoms with Crippen LogP contribution < -0.4 is 4.74 Å². The van der Waals surface area contributed by atoms with Gasteiger partial charge in [-0.1, -0.05) is 18.2 Å². The first-order valence-electron chi connectivity index (χ1n) is 7.24. The predicted octanol–water partition coefficient (Wildman–Crippen LogP) is 2.17. The van der Waals surface area contributed by atoms with Crippen LogP contribution in [-0.2, 0) is 9.59 Å². The van der Waals surface area contributed by atoms with Crippen LogP contribution in [-0.4, -0.2) is 40.6 Å². The zero-order valence-electron chi connectivity index (χ0n) is 12.4. The smallest absolute Gasteiger partial charge is 0.308 e. The first kappa shape index (κ1) is 15.4. The minimum Gasteiger partial charge on any atom is -0.481 e. The van der Waals surface area contributed by atoms with Gasteiger partial charge in [-0.25, -0.2) is 0 Å². The number of piperidine rings is 1. The summed E-state index contributed by atoms with van der Waals surface area (Å²) in [7, 11) is 0. The summed E-state index contributed by atoms with van der Waals surface area (Å²) in [6.07, 6.45) is 0.706. The Morgan fingerprint density at radius 3 is 2.57 bits per heavy atom. The van der Waals surface area contributed by atoms with Crippen molar-refractivity contribution in [1.29, 1.82) is 0 Å². The molecule has 1 heterocycles. The molecule has 1 aromatic carbocycles. The third kappa shape index (κ3) is 3.74. The van der Waals surface area contributed by atoms with E-state index in [2.05, 4.69) is 0 Å². The molecule has 1 aliphatic rings. The van der Waals surface area contributed by atoms with Crippen molar-refractivity contribution >= 4 is 11.9 Å². The summed E-state index contributed by atoms with van der Waals surface area (Å²) in [5.41, 5.74) is 0. The van der Waals surface area contributed by atoms with Crippen molar-refractivity contribution in [3.63, 3.8) is 0 Å². The fraction of sp³-hybridized carbons (Fsp3) is 0.500. The van der Waals surface area contributed by atoms with Gasteiger partial charge in [0.2, 0.25) is 0 Å². The topological polar surface area (TPSA) is 66.8 Å². The van der Waals surface area contributed by atoms with E-state index in [4.69, 9.17) is 9.84 Å². The molecule has 1 fully saturated rings. The number of hydrogen-bond acceptors (Lipinski definition) is 3. The van der Waals surface area contributed by atoms with Gasteiger partial charge in [0.25, 0.3) is 5.91 Å². The molecule has 3 unspecified atom stereocenters. The SMILES string of the molecule is CC(Oc1ccccc1)C(=O)N1CC(C(=O)O)CCC1C. The number of aliphatic carboxylic acids is 1. The number of ether oxygens (including phenoxy) is 1. The number of amides is 1. The molecule has 1 aliphatic heterocycles. The van der Waals surface area contributed by atoms with Gasteiger partial charge < -0.3 is 14.7 Å². The second-order valence-corrected chi connectivity index (χ2v) is 5.53. The molecule has 0 saturated carbocycles. The standard InChI is InChI=1S/C16H21NO4/c1-11-8-9-13(16(19)20)10-17(11)15(18)12(2)21-14-6-4-3-5-7-14/h3-7,11-13H,8-10H2,1-2H3,(H,19,20). The molecule has 5 nitrogen and oxygen atoms in total. The normalized spacial score (nSPS) is 23.4. The molecule has 0 aliphatic carbocycles. The molecule has 1 N–H and O–H groups in total. The third-order valence-corrected chi connectivity index (χ3v) is 3.92. The number of nitrogens with zero attached hydrogens (tertiary/aromatic N) is 1. The minimum absolute atomic E-state index is 0.0509. The third-order valence-electron chi connectivity index (χ3n) is 3.92. The summed E-state index contributed by atoms with van der Waals surface area (Å²) in [6.45, 7) is 3.91. The van der Waals surface area contributed by atoms with Gasteiger partial charge in [-0.15, -0.1) is 0 Å². The van der Waals surface area contributed by atoms with Crippen LogP contribution in [0.3, 0.4) is 0 Å². The number of carbonyl (C=O) groups is 2. The van der Waals surface area contributed by atoms with E-state index < -0.39 is 18.0 Å². The van der Waals surface area contributed by atoms with Crippen LogP contribution in [0.1, 0.15) is 26.7 Å². The number of rotatable bonds is 4. The molecule has 0 spiro atoms. The van der Waals surface area contributed by atoms with Crippen molar-refractivity contribution in [2.45, 2.75) is 38.8 Å². The highest BCUT2D eigenvalue weighted by molar-refractivity contribution is 5.82. The number of carboxylic acid groups (broad SMARTS) is 1. The van der Waals surface area contributed by atoms with Crippen molar-refractivity contribution in [2.75, 3.05) is 6.54 Å². The molecule has 1 saturated heterocycles. The number of para-hydroxylation sites is 1. The van der Waals surface area contributed by atoms with E-state index in [1.165, 1.54) is 0 Å². The lowest BCUT2D eigenvalue weighted by molar-refractivity contribution is -0.149. The fourth-order valence-corrected chi connectivity index (χ4v) is 2.60. The largest absolute Gasteiger partial charge is 0.481 e. The van der Waals surface area contributed by atoms with Gasteiger partial charge in [0.05, 0.1) is 5.92 Å². The first-order valence-corrected chi connectivity index (χ1v) is 7.24. The Labute approximate surface area is 124 Å². The van der Waals surface area contributed by atoms with E-state index in [1.807, 2.05) is 25.1 Å². The highest BCUT2D eigenvalue weighted by Crippen LogP contribution is 2.23. The average molecular weight is 291 g/mol. The summed E-state index contributed by atoms with van der Waals surface area (Å²) in [6, 6.07) is 9.21. The molecule has 1 amide bonds. The zero-order chi connectivity index (χ0) is 15.4. The summed E-state index contributed by atoms with van der Waals surface area (Å²) in [4.78, 5) is 25.2. The molecule has 5 heteroatoms. The van der Waals surface area contributed by atoms with Crippen molar-refractivity contribution in [2.24, 2.45) is 5.92 Å². The van der Waals surface area contributed by atoms with E-state index >= 15 is 0 Å². The van der Waals surface area contributed by atoms with Crippen LogP contribution in [0.25, 0.3) is 0 Å². The number of likely N-dealkylation sites (tertiary alicyclic amines) is 1. The molecule has 0 bridgehead atoms. The van der Waals surface area contributed by atoms with Crippen molar-refractivity contribution in [1.82, 2.24) is 4.90 Å². The molecule has 3 atom stereocenters. The van der Waals surface area contributed by atoms with Gasteiger partial charge in [-0.3, -0.25) is 9.59 Å². The molecular formula is C16H21NO4. The Kier molecular flexibility index (Phi) is 4.83. The number of carbonyl (C=O) groups excluding carboxylic acids is 1. The van der Waals surface area contributed by atoms with Crippen LogP contribution in [0.2, 0.25) is 0 Å². The minimum atomic E-state index is -0.837. The second kappa shape index (κ2) is 6.61. The Morgan fingerprint density at radius 1 is 1.29 bits per heavy atom. The number of hydrogen-bond donors (Lipinski definition) is 1. The van der Waals surface area contributed by atoms with Gasteiger partial charge in [0.15, 0.2) is 6.10 Å². The van der Waals surface area contributed by atoms with Crippen molar-refractivity contribution < 1.29 is 19.4 Å². The Hall–Kier alpha value is -2.04. The average Bonchev–Trinajstić information content (AvgIpc) is 2.47. The highest BCUT2D eigenvalue weighted by atomic mass is 16.5. The molecule has 0 aromatic heterocycles. The maximum absolute atomic E-state index is 12.5. The number of benzene rings is 1. The first-order chi connectivity index (χ1) is 9.99. The van der Waals surface area contributed by atoms with E-state index in [1.54, 1.807) is 24.0 Å². The highest BCUT2D eigenvalue weighted by Gasteiger charge is 2.34. The molecule has 114 valence electrons. The molecule has 1 aromatic rings. The van der Waals surface area contributed by atoms with Crippen LogP contribution in [0.4, 0.5) is 0 Å². The number of carboxylic acids is 1. The van der Waals surface area contributed by atoms with E-state index in [-0.39, 0.29) is 18.5 Å². The molecular weight excluding hydrogens is 270 g/mol. The summed E-state index contributed by atoms with van der Waals surface area (Å²) in [5.74, 6) is -0.833.